The van der Waals surface area contributed by atoms with Crippen molar-refractivity contribution in [2.75, 3.05) is 20.3 Å². The minimum absolute atomic E-state index is 0.0650. The molecule has 4 nitrogen and oxygen atoms in total. The Morgan fingerprint density at radius 2 is 2.22 bits per heavy atom. The molecule has 1 fully saturated rings. The quantitative estimate of drug-likeness (QED) is 0.831. The summed E-state index contributed by atoms with van der Waals surface area (Å²) in [5, 5.41) is 12.1. The molecule has 98 valence electrons. The van der Waals surface area contributed by atoms with Crippen molar-refractivity contribution >= 4 is 5.91 Å². The number of nitrogens with one attached hydrogen (secondary N) is 1. The molecule has 1 aliphatic rings. The molecule has 0 spiro atoms. The Morgan fingerprint density at radius 1 is 1.50 bits per heavy atom. The second-order valence-corrected chi connectivity index (χ2v) is 5.03. The van der Waals surface area contributed by atoms with Crippen LogP contribution >= 0.6 is 0 Å². The van der Waals surface area contributed by atoms with Gasteiger partial charge in [0.2, 0.25) is 0 Å². The van der Waals surface area contributed by atoms with E-state index in [0.717, 1.165) is 18.4 Å². The maximum atomic E-state index is 12.0. The third-order valence-electron chi connectivity index (χ3n) is 3.59. The zero-order valence-corrected chi connectivity index (χ0v) is 10.8. The highest BCUT2D eigenvalue weighted by molar-refractivity contribution is 5.94. The van der Waals surface area contributed by atoms with Crippen molar-refractivity contribution in [3.05, 3.63) is 29.3 Å². The number of carbonyl (C=O) groups excluding carboxylic acids is 1. The minimum Gasteiger partial charge on any atom is -0.496 e. The van der Waals surface area contributed by atoms with Crippen LogP contribution in [0.25, 0.3) is 0 Å². The van der Waals surface area contributed by atoms with Gasteiger partial charge in [-0.25, -0.2) is 0 Å². The molecular formula is C14H19NO3. The second kappa shape index (κ2) is 4.98. The van der Waals surface area contributed by atoms with Crippen LogP contribution in [0, 0.1) is 12.3 Å². The topological polar surface area (TPSA) is 58.6 Å². The molecule has 0 aliphatic heterocycles. The Labute approximate surface area is 107 Å². The SMILES string of the molecule is COc1cc(C(=O)NCC2(CO)CC2)ccc1C. The average molecular weight is 249 g/mol. The molecular weight excluding hydrogens is 230 g/mol. The maximum Gasteiger partial charge on any atom is 0.251 e. The van der Waals surface area contributed by atoms with Gasteiger partial charge >= 0.3 is 0 Å². The summed E-state index contributed by atoms with van der Waals surface area (Å²) in [4.78, 5) is 12.0. The summed E-state index contributed by atoms with van der Waals surface area (Å²) in [5.41, 5.74) is 1.53. The van der Waals surface area contributed by atoms with Crippen LogP contribution in [0.2, 0.25) is 0 Å². The lowest BCUT2D eigenvalue weighted by Crippen LogP contribution is -2.31. The number of hydrogen-bond donors (Lipinski definition) is 2. The van der Waals surface area contributed by atoms with Gasteiger partial charge in [-0.3, -0.25) is 4.79 Å². The van der Waals surface area contributed by atoms with Gasteiger partial charge in [-0.05, 0) is 37.5 Å². The van der Waals surface area contributed by atoms with Gasteiger partial charge in [0.05, 0.1) is 13.7 Å². The number of aryl methyl sites for hydroxylation is 1. The summed E-state index contributed by atoms with van der Waals surface area (Å²) in [6, 6.07) is 5.39. The maximum absolute atomic E-state index is 12.0. The second-order valence-electron chi connectivity index (χ2n) is 5.03. The molecule has 1 amide bonds. The molecule has 1 aliphatic carbocycles. The van der Waals surface area contributed by atoms with E-state index in [-0.39, 0.29) is 17.9 Å². The van der Waals surface area contributed by atoms with Crippen LogP contribution < -0.4 is 10.1 Å². The highest BCUT2D eigenvalue weighted by Crippen LogP contribution is 2.44. The van der Waals surface area contributed by atoms with Crippen molar-refractivity contribution < 1.29 is 14.6 Å². The number of ether oxygens (including phenoxy) is 1. The van der Waals surface area contributed by atoms with E-state index in [2.05, 4.69) is 5.32 Å². The fourth-order valence-corrected chi connectivity index (χ4v) is 1.90. The molecule has 1 aromatic carbocycles. The monoisotopic (exact) mass is 249 g/mol. The Morgan fingerprint density at radius 3 is 2.78 bits per heavy atom. The van der Waals surface area contributed by atoms with E-state index in [1.54, 1.807) is 19.2 Å². The van der Waals surface area contributed by atoms with Crippen molar-refractivity contribution in [3.63, 3.8) is 0 Å². The van der Waals surface area contributed by atoms with E-state index in [1.165, 1.54) is 0 Å². The van der Waals surface area contributed by atoms with Crippen LogP contribution in [-0.4, -0.2) is 31.3 Å². The lowest BCUT2D eigenvalue weighted by atomic mass is 10.1. The van der Waals surface area contributed by atoms with Crippen LogP contribution in [0.5, 0.6) is 5.75 Å². The Kier molecular flexibility index (Phi) is 3.57. The molecule has 0 atom stereocenters. The normalized spacial score (nSPS) is 16.2. The minimum atomic E-state index is -0.118. The first kappa shape index (κ1) is 12.9. The van der Waals surface area contributed by atoms with Crippen LogP contribution in [0.4, 0.5) is 0 Å². The molecule has 0 unspecified atom stereocenters. The lowest BCUT2D eigenvalue weighted by Gasteiger charge is -2.13. The van der Waals surface area contributed by atoms with E-state index in [1.807, 2.05) is 13.0 Å². The molecule has 1 aromatic rings. The summed E-state index contributed by atoms with van der Waals surface area (Å²) < 4.78 is 5.19. The Hall–Kier alpha value is -1.55. The smallest absolute Gasteiger partial charge is 0.251 e. The predicted octanol–water partition coefficient (Wildman–Crippen LogP) is 1.51. The van der Waals surface area contributed by atoms with Crippen LogP contribution in [0.15, 0.2) is 18.2 Å². The van der Waals surface area contributed by atoms with Gasteiger partial charge in [-0.1, -0.05) is 6.07 Å². The number of rotatable bonds is 5. The van der Waals surface area contributed by atoms with Crippen molar-refractivity contribution in [1.82, 2.24) is 5.32 Å². The zero-order chi connectivity index (χ0) is 13.2. The molecule has 2 rings (SSSR count). The van der Waals surface area contributed by atoms with Crippen LogP contribution in [0.1, 0.15) is 28.8 Å². The first-order valence-corrected chi connectivity index (χ1v) is 6.14. The molecule has 0 aromatic heterocycles. The highest BCUT2D eigenvalue weighted by atomic mass is 16.5. The van der Waals surface area contributed by atoms with Gasteiger partial charge in [0.1, 0.15) is 5.75 Å². The van der Waals surface area contributed by atoms with Crippen molar-refractivity contribution in [1.29, 1.82) is 0 Å². The average Bonchev–Trinajstić information content (AvgIpc) is 3.17. The van der Waals surface area contributed by atoms with E-state index in [4.69, 9.17) is 4.74 Å². The number of benzene rings is 1. The summed E-state index contributed by atoms with van der Waals surface area (Å²) in [6.07, 6.45) is 1.97. The van der Waals surface area contributed by atoms with Gasteiger partial charge < -0.3 is 15.2 Å². The summed E-state index contributed by atoms with van der Waals surface area (Å²) in [6.45, 7) is 2.62. The number of carbonyl (C=O) groups is 1. The molecule has 1 saturated carbocycles. The van der Waals surface area contributed by atoms with E-state index in [0.29, 0.717) is 17.9 Å². The van der Waals surface area contributed by atoms with Crippen molar-refractivity contribution in [2.45, 2.75) is 19.8 Å². The molecule has 0 radical (unpaired) electrons. The largest absolute Gasteiger partial charge is 0.496 e. The first-order valence-electron chi connectivity index (χ1n) is 6.14. The zero-order valence-electron chi connectivity index (χ0n) is 10.8. The molecule has 2 N–H and O–H groups in total. The Balaban J connectivity index is 2.00. The molecule has 0 bridgehead atoms. The van der Waals surface area contributed by atoms with Gasteiger partial charge in [-0.15, -0.1) is 0 Å². The van der Waals surface area contributed by atoms with Crippen molar-refractivity contribution in [2.24, 2.45) is 5.41 Å². The van der Waals surface area contributed by atoms with Gasteiger partial charge in [0.15, 0.2) is 0 Å². The van der Waals surface area contributed by atoms with Gasteiger partial charge in [0, 0.05) is 17.5 Å². The fraction of sp³-hybridized carbons (Fsp3) is 0.500. The summed E-state index contributed by atoms with van der Waals surface area (Å²) in [5.74, 6) is 0.596. The van der Waals surface area contributed by atoms with E-state index in [9.17, 15) is 9.90 Å². The fourth-order valence-electron chi connectivity index (χ4n) is 1.90. The van der Waals surface area contributed by atoms with Gasteiger partial charge in [0.25, 0.3) is 5.91 Å². The van der Waals surface area contributed by atoms with Gasteiger partial charge in [-0.2, -0.15) is 0 Å². The number of amides is 1. The van der Waals surface area contributed by atoms with E-state index < -0.39 is 0 Å². The number of hydrogen-bond acceptors (Lipinski definition) is 3. The standard InChI is InChI=1S/C14H19NO3/c1-10-3-4-11(7-12(10)18-2)13(17)15-8-14(9-16)5-6-14/h3-4,7,16H,5-6,8-9H2,1-2H3,(H,15,17). The molecule has 4 heteroatoms. The van der Waals surface area contributed by atoms with Crippen LogP contribution in [-0.2, 0) is 0 Å². The number of methoxy groups -OCH3 is 1. The summed E-state index contributed by atoms with van der Waals surface area (Å²) >= 11 is 0. The first-order chi connectivity index (χ1) is 8.60. The van der Waals surface area contributed by atoms with Crippen LogP contribution in [0.3, 0.4) is 0 Å². The van der Waals surface area contributed by atoms with Crippen molar-refractivity contribution in [3.8, 4) is 5.75 Å². The molecule has 0 saturated heterocycles. The summed E-state index contributed by atoms with van der Waals surface area (Å²) in [7, 11) is 1.59. The Bertz CT molecular complexity index is 452. The third kappa shape index (κ3) is 2.64. The number of aliphatic hydroxyl groups is 1. The third-order valence-corrected chi connectivity index (χ3v) is 3.59. The predicted molar refractivity (Wildman–Crippen MR) is 68.8 cm³/mol. The highest BCUT2D eigenvalue weighted by Gasteiger charge is 2.42. The molecule has 18 heavy (non-hydrogen) atoms. The number of aliphatic hydroxyl groups excluding tert-OH is 1. The molecule has 0 heterocycles. The van der Waals surface area contributed by atoms with E-state index >= 15 is 0 Å². The lowest BCUT2D eigenvalue weighted by molar-refractivity contribution is 0.0935.